The number of alkyl carbamates (subject to hydrolysis) is 1. The molecule has 1 N–H and O–H groups in total. The standard InChI is InChI=1S/C7H11BN2O3S/c1-7(2,3)13-6(11)10-5(14)9-4-12-8/h4H,1-3H3,(H,10,11,14). The summed E-state index contributed by atoms with van der Waals surface area (Å²) >= 11 is 4.64. The molecule has 0 unspecified atom stereocenters. The van der Waals surface area contributed by atoms with Crippen LogP contribution < -0.4 is 5.32 Å². The molecule has 1 amide bonds. The lowest BCUT2D eigenvalue weighted by molar-refractivity contribution is 0.0564. The molecule has 7 heteroatoms. The van der Waals surface area contributed by atoms with Gasteiger partial charge in [0.15, 0.2) is 6.40 Å². The Balaban J connectivity index is 3.95. The third kappa shape index (κ3) is 7.54. The molecule has 0 saturated carbocycles. The highest BCUT2D eigenvalue weighted by Gasteiger charge is 2.16. The van der Waals surface area contributed by atoms with Gasteiger partial charge < -0.3 is 9.39 Å². The van der Waals surface area contributed by atoms with Crippen LogP contribution in [0.2, 0.25) is 0 Å². The molecule has 0 aliphatic heterocycles. The average molecular weight is 214 g/mol. The van der Waals surface area contributed by atoms with Gasteiger partial charge in [0, 0.05) is 0 Å². The van der Waals surface area contributed by atoms with Gasteiger partial charge in [-0.3, -0.25) is 5.32 Å². The van der Waals surface area contributed by atoms with Crippen LogP contribution in [0.3, 0.4) is 0 Å². The molecule has 0 saturated heterocycles. The minimum absolute atomic E-state index is 0.0790. The summed E-state index contributed by atoms with van der Waals surface area (Å²) in [6.45, 7) is 5.21. The van der Waals surface area contributed by atoms with Crippen molar-refractivity contribution in [3.63, 3.8) is 0 Å². The molecular formula is C7H11BN2O3S. The van der Waals surface area contributed by atoms with E-state index in [4.69, 9.17) is 4.74 Å². The number of amides is 1. The molecular weight excluding hydrogens is 203 g/mol. The van der Waals surface area contributed by atoms with Gasteiger partial charge in [-0.25, -0.2) is 4.79 Å². The topological polar surface area (TPSA) is 59.9 Å². The summed E-state index contributed by atoms with van der Waals surface area (Å²) in [7, 11) is 4.66. The summed E-state index contributed by atoms with van der Waals surface area (Å²) in [5.74, 6) is 0. The van der Waals surface area contributed by atoms with Gasteiger partial charge in [0.05, 0.1) is 0 Å². The summed E-state index contributed by atoms with van der Waals surface area (Å²) in [6, 6.07) is 0. The van der Waals surface area contributed by atoms with Crippen molar-refractivity contribution in [2.75, 3.05) is 0 Å². The van der Waals surface area contributed by atoms with Crippen molar-refractivity contribution in [1.29, 1.82) is 0 Å². The molecule has 0 aromatic heterocycles. The Kier molecular flexibility index (Phi) is 5.15. The zero-order chi connectivity index (χ0) is 11.2. The smallest absolute Gasteiger partial charge is 0.413 e. The van der Waals surface area contributed by atoms with E-state index in [-0.39, 0.29) is 5.11 Å². The summed E-state index contributed by atoms with van der Waals surface area (Å²) in [4.78, 5) is 14.5. The average Bonchev–Trinajstić information content (AvgIpc) is 1.96. The largest absolute Gasteiger partial charge is 0.560 e. The number of rotatable bonds is 1. The first kappa shape index (κ1) is 12.9. The first-order valence-corrected chi connectivity index (χ1v) is 4.18. The molecule has 0 aliphatic carbocycles. The molecule has 0 aliphatic rings. The van der Waals surface area contributed by atoms with Gasteiger partial charge in [-0.05, 0) is 33.0 Å². The van der Waals surface area contributed by atoms with Crippen LogP contribution in [0.1, 0.15) is 20.8 Å². The maximum absolute atomic E-state index is 11.1. The van der Waals surface area contributed by atoms with Crippen molar-refractivity contribution in [2.45, 2.75) is 26.4 Å². The molecule has 0 rings (SSSR count). The van der Waals surface area contributed by atoms with Crippen molar-refractivity contribution in [2.24, 2.45) is 4.99 Å². The summed E-state index contributed by atoms with van der Waals surface area (Å²) in [6.07, 6.45) is 0.233. The molecule has 0 aromatic rings. The fourth-order valence-electron chi connectivity index (χ4n) is 0.501. The number of hydrogen-bond acceptors (Lipinski definition) is 4. The fourth-order valence-corrected chi connectivity index (χ4v) is 0.628. The van der Waals surface area contributed by atoms with Crippen molar-refractivity contribution in [1.82, 2.24) is 5.32 Å². The molecule has 0 heterocycles. The van der Waals surface area contributed by atoms with Crippen molar-refractivity contribution >= 4 is 37.9 Å². The van der Waals surface area contributed by atoms with Crippen LogP contribution in [-0.4, -0.2) is 31.3 Å². The van der Waals surface area contributed by atoms with Crippen LogP contribution >= 0.6 is 12.2 Å². The molecule has 2 radical (unpaired) electrons. The molecule has 0 aromatic carbocycles. The first-order valence-electron chi connectivity index (χ1n) is 3.77. The van der Waals surface area contributed by atoms with E-state index in [0.29, 0.717) is 0 Å². The maximum atomic E-state index is 11.1. The molecule has 0 bridgehead atoms. The third-order valence-electron chi connectivity index (χ3n) is 0.839. The molecule has 14 heavy (non-hydrogen) atoms. The second-order valence-electron chi connectivity index (χ2n) is 3.30. The quantitative estimate of drug-likeness (QED) is 0.305. The summed E-state index contributed by atoms with van der Waals surface area (Å²) < 4.78 is 8.93. The molecule has 76 valence electrons. The van der Waals surface area contributed by atoms with Gasteiger partial charge in [-0.15, -0.1) is 0 Å². The highest BCUT2D eigenvalue weighted by Crippen LogP contribution is 2.06. The van der Waals surface area contributed by atoms with E-state index in [1.165, 1.54) is 0 Å². The molecule has 0 fully saturated rings. The van der Waals surface area contributed by atoms with Gasteiger partial charge in [-0.2, -0.15) is 4.99 Å². The number of thiocarbonyl (C=S) groups is 1. The van der Waals surface area contributed by atoms with E-state index in [9.17, 15) is 4.79 Å². The van der Waals surface area contributed by atoms with Gasteiger partial charge >= 0.3 is 14.1 Å². The lowest BCUT2D eigenvalue weighted by atomic mass is 10.2. The van der Waals surface area contributed by atoms with E-state index in [2.05, 4.69) is 35.2 Å². The summed E-state index contributed by atoms with van der Waals surface area (Å²) in [5, 5.41) is 2.13. The van der Waals surface area contributed by atoms with Crippen LogP contribution in [0.25, 0.3) is 0 Å². The van der Waals surface area contributed by atoms with Crippen LogP contribution in [0, 0.1) is 0 Å². The minimum Gasteiger partial charge on any atom is -0.560 e. The van der Waals surface area contributed by atoms with Gasteiger partial charge in [0.2, 0.25) is 5.11 Å². The van der Waals surface area contributed by atoms with Gasteiger partial charge in [-0.1, -0.05) is 0 Å². The second-order valence-corrected chi connectivity index (χ2v) is 3.69. The third-order valence-corrected chi connectivity index (χ3v) is 1.05. The van der Waals surface area contributed by atoms with E-state index in [1.807, 2.05) is 0 Å². The summed E-state index contributed by atoms with van der Waals surface area (Å²) in [5.41, 5.74) is -0.576. The van der Waals surface area contributed by atoms with E-state index in [0.717, 1.165) is 6.40 Å². The number of aliphatic imine (C=N–C) groups is 1. The Labute approximate surface area is 89.3 Å². The normalized spacial score (nSPS) is 11.1. The number of nitrogens with one attached hydrogen (secondary N) is 1. The van der Waals surface area contributed by atoms with Crippen molar-refractivity contribution in [3.8, 4) is 0 Å². The monoisotopic (exact) mass is 214 g/mol. The van der Waals surface area contributed by atoms with E-state index < -0.39 is 11.7 Å². The Hall–Kier alpha value is -1.11. The Morgan fingerprint density at radius 2 is 2.14 bits per heavy atom. The fraction of sp³-hybridized carbons (Fsp3) is 0.571. The lowest BCUT2D eigenvalue weighted by Gasteiger charge is -2.19. The predicted octanol–water partition coefficient (Wildman–Crippen LogP) is 0.924. The van der Waals surface area contributed by atoms with E-state index in [1.54, 1.807) is 20.8 Å². The Morgan fingerprint density at radius 1 is 1.57 bits per heavy atom. The zero-order valence-corrected chi connectivity index (χ0v) is 9.05. The molecule has 0 spiro atoms. The Morgan fingerprint density at radius 3 is 2.57 bits per heavy atom. The van der Waals surface area contributed by atoms with Crippen LogP contribution in [0.4, 0.5) is 4.79 Å². The van der Waals surface area contributed by atoms with Crippen LogP contribution in [0.5, 0.6) is 0 Å². The predicted molar refractivity (Wildman–Crippen MR) is 57.3 cm³/mol. The van der Waals surface area contributed by atoms with Gasteiger partial charge in [0.25, 0.3) is 0 Å². The number of carbonyl (C=O) groups excluding carboxylic acids is 1. The lowest BCUT2D eigenvalue weighted by Crippen LogP contribution is -2.34. The minimum atomic E-state index is -0.670. The highest BCUT2D eigenvalue weighted by molar-refractivity contribution is 7.80. The maximum Gasteiger partial charge on any atom is 0.413 e. The number of hydrogen-bond donors (Lipinski definition) is 1. The molecule has 0 atom stereocenters. The van der Waals surface area contributed by atoms with Gasteiger partial charge in [0.1, 0.15) is 5.60 Å². The first-order chi connectivity index (χ1) is 6.35. The SMILES string of the molecule is [B]OC=NC(=S)NC(=O)OC(C)(C)C. The number of carbonyl (C=O) groups is 1. The zero-order valence-electron chi connectivity index (χ0n) is 8.23. The van der Waals surface area contributed by atoms with Crippen LogP contribution in [-0.2, 0) is 9.39 Å². The van der Waals surface area contributed by atoms with Crippen LogP contribution in [0.15, 0.2) is 4.99 Å². The van der Waals surface area contributed by atoms with E-state index >= 15 is 0 Å². The highest BCUT2D eigenvalue weighted by atomic mass is 32.1. The van der Waals surface area contributed by atoms with Crippen molar-refractivity contribution in [3.05, 3.63) is 0 Å². The molecule has 5 nitrogen and oxygen atoms in total. The van der Waals surface area contributed by atoms with Crippen molar-refractivity contribution < 1.29 is 14.2 Å². The number of nitrogens with zero attached hydrogens (tertiary/aromatic N) is 1. The Bertz CT molecular complexity index is 250. The second kappa shape index (κ2) is 5.59. The number of ether oxygens (including phenoxy) is 1.